The Bertz CT molecular complexity index is 1100. The predicted octanol–water partition coefficient (Wildman–Crippen LogP) is 3.46. The molecule has 0 N–H and O–H groups in total. The number of rotatable bonds is 10. The van der Waals surface area contributed by atoms with Crippen LogP contribution in [0.2, 0.25) is 0 Å². The highest BCUT2D eigenvalue weighted by Gasteiger charge is 2.22. The molecular weight excluding hydrogens is 447 g/mol. The zero-order valence-corrected chi connectivity index (χ0v) is 20.0. The third kappa shape index (κ3) is 7.23. The molecule has 7 nitrogen and oxygen atoms in total. The van der Waals surface area contributed by atoms with Crippen molar-refractivity contribution in [2.75, 3.05) is 20.1 Å². The van der Waals surface area contributed by atoms with Gasteiger partial charge in [0, 0.05) is 32.8 Å². The highest BCUT2D eigenvalue weighted by molar-refractivity contribution is 7.89. The van der Waals surface area contributed by atoms with Gasteiger partial charge in [0.25, 0.3) is 5.91 Å². The van der Waals surface area contributed by atoms with E-state index in [0.29, 0.717) is 24.2 Å². The molecule has 0 saturated carbocycles. The Morgan fingerprint density at radius 3 is 2.30 bits per heavy atom. The zero-order chi connectivity index (χ0) is 24.6. The maximum Gasteiger partial charge on any atom is 0.331 e. The summed E-state index contributed by atoms with van der Waals surface area (Å²) >= 11 is 0. The molecule has 0 heterocycles. The SMILES string of the molecule is CCN(CC)S(=O)(=O)c1ccc(/C=C/C(=O)OC(C)C(=O)N(C)Cc2cccc(F)c2)cc1. The van der Waals surface area contributed by atoms with Crippen molar-refractivity contribution in [1.29, 1.82) is 0 Å². The van der Waals surface area contributed by atoms with E-state index in [9.17, 15) is 22.4 Å². The van der Waals surface area contributed by atoms with Gasteiger partial charge in [-0.15, -0.1) is 0 Å². The van der Waals surface area contributed by atoms with Crippen molar-refractivity contribution in [1.82, 2.24) is 9.21 Å². The number of carbonyl (C=O) groups excluding carboxylic acids is 2. The Balaban J connectivity index is 1.95. The Labute approximate surface area is 194 Å². The summed E-state index contributed by atoms with van der Waals surface area (Å²) in [7, 11) is -2.01. The molecule has 2 rings (SSSR count). The molecule has 0 saturated heterocycles. The van der Waals surface area contributed by atoms with Gasteiger partial charge < -0.3 is 9.64 Å². The van der Waals surface area contributed by atoms with Crippen LogP contribution in [0.3, 0.4) is 0 Å². The van der Waals surface area contributed by atoms with Gasteiger partial charge >= 0.3 is 5.97 Å². The topological polar surface area (TPSA) is 84.0 Å². The monoisotopic (exact) mass is 476 g/mol. The van der Waals surface area contributed by atoms with Crippen LogP contribution in [0.5, 0.6) is 0 Å². The fourth-order valence-corrected chi connectivity index (χ4v) is 4.65. The molecule has 0 bridgehead atoms. The second kappa shape index (κ2) is 11.7. The first-order valence-corrected chi connectivity index (χ1v) is 12.0. The minimum atomic E-state index is -3.55. The van der Waals surface area contributed by atoms with Crippen molar-refractivity contribution < 1.29 is 27.1 Å². The predicted molar refractivity (Wildman–Crippen MR) is 124 cm³/mol. The summed E-state index contributed by atoms with van der Waals surface area (Å²) in [5.41, 5.74) is 1.23. The van der Waals surface area contributed by atoms with Gasteiger partial charge in [-0.25, -0.2) is 17.6 Å². The Morgan fingerprint density at radius 1 is 1.09 bits per heavy atom. The normalized spacial score (nSPS) is 12.7. The van der Waals surface area contributed by atoms with Gasteiger partial charge in [-0.3, -0.25) is 4.79 Å². The lowest BCUT2D eigenvalue weighted by Gasteiger charge is -2.21. The number of hydrogen-bond donors (Lipinski definition) is 0. The summed E-state index contributed by atoms with van der Waals surface area (Å²) < 4.78 is 44.9. The van der Waals surface area contributed by atoms with Crippen molar-refractivity contribution in [3.05, 3.63) is 71.6 Å². The summed E-state index contributed by atoms with van der Waals surface area (Å²) in [6, 6.07) is 12.0. The summed E-state index contributed by atoms with van der Waals surface area (Å²) in [5, 5.41) is 0. The Morgan fingerprint density at radius 2 is 1.73 bits per heavy atom. The Kier molecular flexibility index (Phi) is 9.31. The van der Waals surface area contributed by atoms with Gasteiger partial charge in [0.2, 0.25) is 10.0 Å². The molecule has 9 heteroatoms. The second-order valence-electron chi connectivity index (χ2n) is 7.40. The fourth-order valence-electron chi connectivity index (χ4n) is 3.19. The van der Waals surface area contributed by atoms with Crippen LogP contribution in [0.4, 0.5) is 4.39 Å². The van der Waals surface area contributed by atoms with Gasteiger partial charge in [-0.1, -0.05) is 38.1 Å². The average Bonchev–Trinajstić information content (AvgIpc) is 2.78. The highest BCUT2D eigenvalue weighted by Crippen LogP contribution is 2.17. The number of hydrogen-bond acceptors (Lipinski definition) is 5. The minimum absolute atomic E-state index is 0.173. The van der Waals surface area contributed by atoms with Crippen LogP contribution in [-0.4, -0.2) is 55.7 Å². The Hall–Kier alpha value is -3.04. The van der Waals surface area contributed by atoms with Gasteiger partial charge in [0.05, 0.1) is 4.90 Å². The van der Waals surface area contributed by atoms with Crippen molar-refractivity contribution in [2.24, 2.45) is 0 Å². The van der Waals surface area contributed by atoms with E-state index in [1.807, 2.05) is 0 Å². The number of nitrogens with zero attached hydrogens (tertiary/aromatic N) is 2. The van der Waals surface area contributed by atoms with Crippen molar-refractivity contribution in [3.63, 3.8) is 0 Å². The molecule has 2 aromatic rings. The summed E-state index contributed by atoms with van der Waals surface area (Å²) in [6.45, 7) is 5.94. The molecule has 0 fully saturated rings. The number of ether oxygens (including phenoxy) is 1. The lowest BCUT2D eigenvalue weighted by atomic mass is 10.2. The van der Waals surface area contributed by atoms with Crippen molar-refractivity contribution >= 4 is 28.0 Å². The molecule has 0 spiro atoms. The summed E-state index contributed by atoms with van der Waals surface area (Å²) in [4.78, 5) is 26.1. The quantitative estimate of drug-likeness (QED) is 0.387. The zero-order valence-electron chi connectivity index (χ0n) is 19.2. The minimum Gasteiger partial charge on any atom is -0.449 e. The van der Waals surface area contributed by atoms with E-state index in [2.05, 4.69) is 0 Å². The number of halogens is 1. The van der Waals surface area contributed by atoms with Gasteiger partial charge in [0.15, 0.2) is 6.10 Å². The average molecular weight is 477 g/mol. The first kappa shape index (κ1) is 26.2. The molecular formula is C24H29FN2O5S. The number of carbonyl (C=O) groups is 2. The second-order valence-corrected chi connectivity index (χ2v) is 9.33. The molecule has 0 aliphatic rings. The number of sulfonamides is 1. The lowest BCUT2D eigenvalue weighted by molar-refractivity contribution is -0.154. The maximum absolute atomic E-state index is 13.3. The van der Waals surface area contributed by atoms with Gasteiger partial charge in [-0.2, -0.15) is 4.31 Å². The molecule has 0 radical (unpaired) electrons. The van der Waals surface area contributed by atoms with E-state index in [0.717, 1.165) is 0 Å². The standard InChI is InChI=1S/C24H29FN2O5S/c1-5-27(6-2)33(30,31)22-13-10-19(11-14-22)12-15-23(28)32-18(3)24(29)26(4)17-20-8-7-9-21(25)16-20/h7-16,18H,5-6,17H2,1-4H3/b15-12+. The van der Waals surface area contributed by atoms with Crippen LogP contribution in [0.1, 0.15) is 31.9 Å². The van der Waals surface area contributed by atoms with E-state index < -0.39 is 33.8 Å². The fraction of sp³-hybridized carbons (Fsp3) is 0.333. The number of likely N-dealkylation sites (N-methyl/N-ethyl adjacent to an activating group) is 1. The smallest absolute Gasteiger partial charge is 0.331 e. The van der Waals surface area contributed by atoms with E-state index >= 15 is 0 Å². The first-order chi connectivity index (χ1) is 15.6. The number of amides is 1. The lowest BCUT2D eigenvalue weighted by Crippen LogP contribution is -2.36. The molecule has 0 aliphatic carbocycles. The highest BCUT2D eigenvalue weighted by atomic mass is 32.2. The van der Waals surface area contributed by atoms with E-state index in [4.69, 9.17) is 4.74 Å². The molecule has 178 valence electrons. The summed E-state index contributed by atoms with van der Waals surface area (Å²) in [6.07, 6.45) is 1.62. The van der Waals surface area contributed by atoms with Crippen LogP contribution >= 0.6 is 0 Å². The summed E-state index contributed by atoms with van der Waals surface area (Å²) in [5.74, 6) is -1.53. The molecule has 1 atom stereocenters. The molecule has 2 aromatic carbocycles. The molecule has 33 heavy (non-hydrogen) atoms. The molecule has 1 amide bonds. The largest absolute Gasteiger partial charge is 0.449 e. The van der Waals surface area contributed by atoms with Crippen LogP contribution in [-0.2, 0) is 30.9 Å². The van der Waals surface area contributed by atoms with Crippen molar-refractivity contribution in [3.8, 4) is 0 Å². The third-order valence-electron chi connectivity index (χ3n) is 4.96. The van der Waals surface area contributed by atoms with E-state index in [-0.39, 0.29) is 11.4 Å². The van der Waals surface area contributed by atoms with Gasteiger partial charge in [-0.05, 0) is 48.4 Å². The molecule has 0 aliphatic heterocycles. The van der Waals surface area contributed by atoms with Crippen LogP contribution in [0.25, 0.3) is 6.08 Å². The van der Waals surface area contributed by atoms with E-state index in [1.165, 1.54) is 52.5 Å². The maximum atomic E-state index is 13.3. The van der Waals surface area contributed by atoms with Gasteiger partial charge in [0.1, 0.15) is 5.82 Å². The van der Waals surface area contributed by atoms with E-state index in [1.54, 1.807) is 45.2 Å². The number of benzene rings is 2. The molecule has 0 aromatic heterocycles. The molecule has 1 unspecified atom stereocenters. The van der Waals surface area contributed by atoms with Crippen LogP contribution < -0.4 is 0 Å². The third-order valence-corrected chi connectivity index (χ3v) is 7.02. The van der Waals surface area contributed by atoms with Crippen molar-refractivity contribution in [2.45, 2.75) is 38.3 Å². The van der Waals surface area contributed by atoms with Crippen LogP contribution in [0, 0.1) is 5.82 Å². The first-order valence-electron chi connectivity index (χ1n) is 10.6. The number of esters is 1. The van der Waals surface area contributed by atoms with Crippen LogP contribution in [0.15, 0.2) is 59.5 Å².